The predicted molar refractivity (Wildman–Crippen MR) is 139 cm³/mol. The smallest absolute Gasteiger partial charge is 0.407 e. The van der Waals surface area contributed by atoms with E-state index in [4.69, 9.17) is 20.6 Å². The number of nitrogens with zero attached hydrogens (tertiary/aromatic N) is 2. The number of aromatic hydroxyl groups is 1. The van der Waals surface area contributed by atoms with E-state index in [0.29, 0.717) is 39.0 Å². The van der Waals surface area contributed by atoms with Gasteiger partial charge in [0.15, 0.2) is 0 Å². The Morgan fingerprint density at radius 2 is 1.89 bits per heavy atom. The number of amidine groups is 1. The van der Waals surface area contributed by atoms with Crippen molar-refractivity contribution in [3.05, 3.63) is 26.4 Å². The molecule has 0 radical (unpaired) electrons. The molecule has 2 aliphatic rings. The molecule has 1 aromatic heterocycles. The van der Waals surface area contributed by atoms with Crippen LogP contribution in [-0.2, 0) is 16.0 Å². The van der Waals surface area contributed by atoms with Crippen molar-refractivity contribution in [3.8, 4) is 5.88 Å². The maximum atomic E-state index is 13.2. The molecule has 6 N–H and O–H groups in total. The normalized spacial score (nSPS) is 23.8. The van der Waals surface area contributed by atoms with Crippen LogP contribution in [0.25, 0.3) is 0 Å². The standard InChI is InChI=1S/C25H42N6O6/c1-5-6-13-30-21(32)18(20(26)27)22(33)31(24(30)35)16-9-7-15(8-10-16)19-17(14-36-19)28-11-12-29-23(34)37-25(2,3)4/h15-17,19,28,32H,5-14H2,1-4H3,(H3,26,27)(H,29,34)/t15?,16?,17-,19-/m0/s1. The number of amides is 1. The van der Waals surface area contributed by atoms with Crippen LogP contribution in [0, 0.1) is 11.3 Å². The van der Waals surface area contributed by atoms with Crippen molar-refractivity contribution in [2.75, 3.05) is 19.7 Å². The molecule has 0 aromatic carbocycles. The Labute approximate surface area is 217 Å². The topological polar surface area (TPSA) is 174 Å². The number of ether oxygens (including phenoxy) is 2. The Bertz CT molecular complexity index is 1080. The zero-order chi connectivity index (χ0) is 27.3. The molecule has 208 valence electrons. The van der Waals surface area contributed by atoms with Crippen molar-refractivity contribution in [1.82, 2.24) is 19.8 Å². The lowest BCUT2D eigenvalue weighted by atomic mass is 9.78. The lowest BCUT2D eigenvalue weighted by molar-refractivity contribution is -0.125. The van der Waals surface area contributed by atoms with Crippen molar-refractivity contribution in [1.29, 1.82) is 5.41 Å². The lowest BCUT2D eigenvalue weighted by Gasteiger charge is -2.44. The summed E-state index contributed by atoms with van der Waals surface area (Å²) in [6.07, 6.45) is 3.83. The van der Waals surface area contributed by atoms with Crippen LogP contribution in [0.2, 0.25) is 0 Å². The Hall–Kier alpha value is -2.86. The van der Waals surface area contributed by atoms with E-state index < -0.39 is 34.7 Å². The Balaban J connectivity index is 1.59. The molecule has 1 amide bonds. The average molecular weight is 523 g/mol. The van der Waals surface area contributed by atoms with Crippen LogP contribution in [0.1, 0.15) is 77.8 Å². The highest BCUT2D eigenvalue weighted by molar-refractivity contribution is 5.96. The minimum Gasteiger partial charge on any atom is -0.494 e. The minimum atomic E-state index is -0.705. The number of carbonyl (C=O) groups is 1. The summed E-state index contributed by atoms with van der Waals surface area (Å²) in [6, 6.07) is -0.152. The van der Waals surface area contributed by atoms with E-state index in [9.17, 15) is 19.5 Å². The third kappa shape index (κ3) is 6.92. The molecule has 37 heavy (non-hydrogen) atoms. The number of aromatic nitrogens is 2. The fourth-order valence-electron chi connectivity index (χ4n) is 5.10. The molecule has 1 aromatic rings. The predicted octanol–water partition coefficient (Wildman–Crippen LogP) is 1.41. The average Bonchev–Trinajstić information content (AvgIpc) is 2.77. The van der Waals surface area contributed by atoms with Gasteiger partial charge in [0.2, 0.25) is 5.88 Å². The van der Waals surface area contributed by atoms with Crippen molar-refractivity contribution in [2.24, 2.45) is 11.7 Å². The maximum Gasteiger partial charge on any atom is 0.407 e. The number of carbonyl (C=O) groups excluding carboxylic acids is 1. The van der Waals surface area contributed by atoms with Crippen LogP contribution in [0.5, 0.6) is 5.88 Å². The van der Waals surface area contributed by atoms with Crippen LogP contribution in [0.4, 0.5) is 4.79 Å². The Morgan fingerprint density at radius 3 is 2.43 bits per heavy atom. The van der Waals surface area contributed by atoms with Gasteiger partial charge in [-0.15, -0.1) is 0 Å². The Kier molecular flexibility index (Phi) is 9.41. The van der Waals surface area contributed by atoms with Gasteiger partial charge in [-0.2, -0.15) is 0 Å². The van der Waals surface area contributed by atoms with E-state index in [1.54, 1.807) is 0 Å². The van der Waals surface area contributed by atoms with Crippen molar-refractivity contribution in [2.45, 2.75) is 96.6 Å². The van der Waals surface area contributed by atoms with E-state index in [1.807, 2.05) is 27.7 Å². The molecule has 2 fully saturated rings. The number of nitrogens with two attached hydrogens (primary N) is 1. The van der Waals surface area contributed by atoms with Gasteiger partial charge in [0.25, 0.3) is 5.56 Å². The SMILES string of the molecule is CCCCn1c(O)c(C(=N)N)c(=O)n(C2CCC([C@@H]3OC[C@@H]3NCCNC(=O)OC(C)(C)C)CC2)c1=O. The highest BCUT2D eigenvalue weighted by Gasteiger charge is 2.40. The molecule has 3 rings (SSSR count). The summed E-state index contributed by atoms with van der Waals surface area (Å²) in [7, 11) is 0. The summed E-state index contributed by atoms with van der Waals surface area (Å²) in [5, 5.41) is 24.4. The molecular formula is C25H42N6O6. The lowest BCUT2D eigenvalue weighted by Crippen LogP contribution is -2.59. The van der Waals surface area contributed by atoms with E-state index in [0.717, 1.165) is 23.8 Å². The quantitative estimate of drug-likeness (QED) is 0.174. The molecule has 12 nitrogen and oxygen atoms in total. The summed E-state index contributed by atoms with van der Waals surface area (Å²) < 4.78 is 13.4. The van der Waals surface area contributed by atoms with Crippen molar-refractivity contribution >= 4 is 11.9 Å². The summed E-state index contributed by atoms with van der Waals surface area (Å²) in [5.41, 5.74) is 3.49. The van der Waals surface area contributed by atoms with E-state index in [-0.39, 0.29) is 36.2 Å². The number of hydrogen-bond donors (Lipinski definition) is 5. The third-order valence-electron chi connectivity index (χ3n) is 6.99. The summed E-state index contributed by atoms with van der Waals surface area (Å²) in [6.45, 7) is 9.30. The first kappa shape index (κ1) is 28.7. The second kappa shape index (κ2) is 12.1. The van der Waals surface area contributed by atoms with Gasteiger partial charge in [0, 0.05) is 25.7 Å². The summed E-state index contributed by atoms with van der Waals surface area (Å²) in [5.74, 6) is -0.796. The molecule has 0 spiro atoms. The van der Waals surface area contributed by atoms with Gasteiger partial charge >= 0.3 is 11.8 Å². The van der Waals surface area contributed by atoms with Crippen LogP contribution in [0.15, 0.2) is 9.59 Å². The molecule has 2 heterocycles. The largest absolute Gasteiger partial charge is 0.494 e. The number of rotatable bonds is 10. The van der Waals surface area contributed by atoms with Gasteiger partial charge < -0.3 is 30.9 Å². The number of unbranched alkanes of at least 4 members (excludes halogenated alkanes) is 1. The van der Waals surface area contributed by atoms with E-state index >= 15 is 0 Å². The van der Waals surface area contributed by atoms with Gasteiger partial charge in [-0.25, -0.2) is 9.59 Å². The van der Waals surface area contributed by atoms with Gasteiger partial charge in [-0.3, -0.25) is 19.3 Å². The number of alkyl carbamates (subject to hydrolysis) is 1. The fourth-order valence-corrected chi connectivity index (χ4v) is 5.10. The first-order valence-electron chi connectivity index (χ1n) is 13.2. The first-order chi connectivity index (χ1) is 17.4. The third-order valence-corrected chi connectivity index (χ3v) is 6.99. The molecule has 2 atom stereocenters. The highest BCUT2D eigenvalue weighted by Crippen LogP contribution is 2.37. The van der Waals surface area contributed by atoms with Crippen LogP contribution >= 0.6 is 0 Å². The fraction of sp³-hybridized carbons (Fsp3) is 0.760. The van der Waals surface area contributed by atoms with Crippen LogP contribution in [0.3, 0.4) is 0 Å². The molecule has 1 aliphatic heterocycles. The van der Waals surface area contributed by atoms with E-state index in [2.05, 4.69) is 10.6 Å². The van der Waals surface area contributed by atoms with Crippen LogP contribution in [-0.4, -0.2) is 63.6 Å². The van der Waals surface area contributed by atoms with E-state index in [1.165, 1.54) is 4.57 Å². The first-order valence-corrected chi connectivity index (χ1v) is 13.2. The van der Waals surface area contributed by atoms with Gasteiger partial charge in [-0.05, 0) is 58.8 Å². The summed E-state index contributed by atoms with van der Waals surface area (Å²) >= 11 is 0. The number of hydrogen-bond acceptors (Lipinski definition) is 8. The number of nitrogens with one attached hydrogen (secondary N) is 3. The van der Waals surface area contributed by atoms with Gasteiger partial charge in [0.05, 0.1) is 18.8 Å². The zero-order valence-corrected chi connectivity index (χ0v) is 22.3. The van der Waals surface area contributed by atoms with Crippen molar-refractivity contribution in [3.63, 3.8) is 0 Å². The van der Waals surface area contributed by atoms with Crippen LogP contribution < -0.4 is 27.6 Å². The second-order valence-corrected chi connectivity index (χ2v) is 10.9. The molecule has 1 aliphatic carbocycles. The maximum absolute atomic E-state index is 13.2. The summed E-state index contributed by atoms with van der Waals surface area (Å²) in [4.78, 5) is 38.0. The van der Waals surface area contributed by atoms with Gasteiger partial charge in [0.1, 0.15) is 17.0 Å². The molecule has 1 saturated heterocycles. The van der Waals surface area contributed by atoms with Gasteiger partial charge in [-0.1, -0.05) is 13.3 Å². The number of nitrogen functional groups attached to an aromatic ring is 1. The monoisotopic (exact) mass is 522 g/mol. The molecule has 0 bridgehead atoms. The Morgan fingerprint density at radius 1 is 1.22 bits per heavy atom. The molecule has 1 saturated carbocycles. The minimum absolute atomic E-state index is 0.0352. The zero-order valence-electron chi connectivity index (χ0n) is 22.3. The highest BCUT2D eigenvalue weighted by atomic mass is 16.6. The molecular weight excluding hydrogens is 480 g/mol. The molecule has 0 unspecified atom stereocenters. The van der Waals surface area contributed by atoms with Crippen molar-refractivity contribution < 1.29 is 19.4 Å². The molecule has 12 heteroatoms. The second-order valence-electron chi connectivity index (χ2n) is 10.9.